The van der Waals surface area contributed by atoms with Crippen LogP contribution in [-0.2, 0) is 19.6 Å². The van der Waals surface area contributed by atoms with Gasteiger partial charge in [0.15, 0.2) is 0 Å². The molecule has 8 heteroatoms. The molecule has 1 aromatic rings. The van der Waals surface area contributed by atoms with Crippen molar-refractivity contribution in [3.63, 3.8) is 0 Å². The number of likely N-dealkylation sites (tertiary alicyclic amines) is 1. The number of primary sulfonamides is 1. The van der Waals surface area contributed by atoms with Gasteiger partial charge in [-0.3, -0.25) is 9.59 Å². The van der Waals surface area contributed by atoms with Crippen LogP contribution in [-0.4, -0.2) is 38.2 Å². The first-order valence-electron chi connectivity index (χ1n) is 8.45. The van der Waals surface area contributed by atoms with Crippen molar-refractivity contribution in [2.45, 2.75) is 38.0 Å². The first-order valence-corrected chi connectivity index (χ1v) is 9.99. The van der Waals surface area contributed by atoms with Crippen molar-refractivity contribution in [2.24, 2.45) is 17.0 Å². The van der Waals surface area contributed by atoms with Crippen LogP contribution in [0, 0.1) is 11.8 Å². The van der Waals surface area contributed by atoms with Crippen molar-refractivity contribution in [1.82, 2.24) is 4.90 Å². The van der Waals surface area contributed by atoms with E-state index in [4.69, 9.17) is 5.14 Å². The zero-order chi connectivity index (χ0) is 18.6. The monoisotopic (exact) mass is 367 g/mol. The summed E-state index contributed by atoms with van der Waals surface area (Å²) in [5.74, 6) is -0.0967. The van der Waals surface area contributed by atoms with Crippen LogP contribution in [0.4, 0.5) is 5.69 Å². The second-order valence-electron chi connectivity index (χ2n) is 6.47. The van der Waals surface area contributed by atoms with Gasteiger partial charge in [0.2, 0.25) is 21.8 Å². The Bertz CT molecular complexity index is 723. The highest BCUT2D eigenvalue weighted by molar-refractivity contribution is 7.89. The number of nitrogens with two attached hydrogens (primary N) is 1. The fourth-order valence-electron chi connectivity index (χ4n) is 2.82. The molecule has 1 aliphatic heterocycles. The number of carbonyl (C=O) groups is 2. The maximum Gasteiger partial charge on any atom is 0.238 e. The van der Waals surface area contributed by atoms with Gasteiger partial charge in [-0.15, -0.1) is 0 Å². The van der Waals surface area contributed by atoms with E-state index in [0.29, 0.717) is 31.6 Å². The molecule has 1 unspecified atom stereocenters. The Hall–Kier alpha value is -1.93. The van der Waals surface area contributed by atoms with Crippen LogP contribution >= 0.6 is 0 Å². The number of anilines is 1. The van der Waals surface area contributed by atoms with Crippen LogP contribution < -0.4 is 10.5 Å². The molecular weight excluding hydrogens is 342 g/mol. The van der Waals surface area contributed by atoms with Crippen LogP contribution in [0.5, 0.6) is 0 Å². The highest BCUT2D eigenvalue weighted by Gasteiger charge is 2.28. The van der Waals surface area contributed by atoms with E-state index in [1.54, 1.807) is 0 Å². The first kappa shape index (κ1) is 19.4. The molecule has 7 nitrogen and oxygen atoms in total. The lowest BCUT2D eigenvalue weighted by molar-refractivity contribution is -0.138. The molecule has 0 bridgehead atoms. The Kier molecular flexibility index (Phi) is 6.18. The number of benzene rings is 1. The van der Waals surface area contributed by atoms with Crippen LogP contribution in [0.25, 0.3) is 0 Å². The molecule has 2 amide bonds. The van der Waals surface area contributed by atoms with E-state index in [2.05, 4.69) is 5.32 Å². The molecule has 138 valence electrons. The van der Waals surface area contributed by atoms with Crippen molar-refractivity contribution in [1.29, 1.82) is 0 Å². The Balaban J connectivity index is 1.89. The fourth-order valence-corrected chi connectivity index (χ4v) is 3.34. The Morgan fingerprint density at radius 1 is 1.24 bits per heavy atom. The zero-order valence-electron chi connectivity index (χ0n) is 14.6. The summed E-state index contributed by atoms with van der Waals surface area (Å²) in [6, 6.07) is 5.75. The number of sulfonamides is 1. The molecule has 0 saturated carbocycles. The third-order valence-corrected chi connectivity index (χ3v) is 5.59. The molecule has 0 aromatic heterocycles. The smallest absolute Gasteiger partial charge is 0.238 e. The SMILES string of the molecule is CCC(C)C(=O)N1CCC(C(=O)Nc2ccc(S(N)(=O)=O)cc2)CC1. The number of hydrogen-bond acceptors (Lipinski definition) is 4. The molecular formula is C17H25N3O4S. The molecule has 0 spiro atoms. The predicted molar refractivity (Wildman–Crippen MR) is 95.2 cm³/mol. The maximum absolute atomic E-state index is 12.4. The van der Waals surface area contributed by atoms with E-state index in [9.17, 15) is 18.0 Å². The van der Waals surface area contributed by atoms with E-state index in [1.165, 1.54) is 24.3 Å². The van der Waals surface area contributed by atoms with Crippen molar-refractivity contribution in [2.75, 3.05) is 18.4 Å². The largest absolute Gasteiger partial charge is 0.342 e. The lowest BCUT2D eigenvalue weighted by Crippen LogP contribution is -2.43. The summed E-state index contributed by atoms with van der Waals surface area (Å²) >= 11 is 0. The number of hydrogen-bond donors (Lipinski definition) is 2. The quantitative estimate of drug-likeness (QED) is 0.823. The van der Waals surface area contributed by atoms with Gasteiger partial charge in [-0.05, 0) is 43.5 Å². The third kappa shape index (κ3) is 5.02. The minimum atomic E-state index is -3.74. The lowest BCUT2D eigenvalue weighted by atomic mass is 9.94. The van der Waals surface area contributed by atoms with E-state index >= 15 is 0 Å². The van der Waals surface area contributed by atoms with Gasteiger partial charge in [0, 0.05) is 30.6 Å². The average Bonchev–Trinajstić information content (AvgIpc) is 2.60. The summed E-state index contributed by atoms with van der Waals surface area (Å²) < 4.78 is 22.5. The average molecular weight is 367 g/mol. The Labute approximate surface area is 148 Å². The maximum atomic E-state index is 12.4. The van der Waals surface area contributed by atoms with Gasteiger partial charge in [-0.1, -0.05) is 13.8 Å². The van der Waals surface area contributed by atoms with Crippen LogP contribution in [0.1, 0.15) is 33.1 Å². The van der Waals surface area contributed by atoms with Gasteiger partial charge in [-0.25, -0.2) is 13.6 Å². The molecule has 25 heavy (non-hydrogen) atoms. The fraction of sp³-hybridized carbons (Fsp3) is 0.529. The number of piperidine rings is 1. The third-order valence-electron chi connectivity index (χ3n) is 4.66. The summed E-state index contributed by atoms with van der Waals surface area (Å²) in [7, 11) is -3.74. The molecule has 1 saturated heterocycles. The number of carbonyl (C=O) groups excluding carboxylic acids is 2. The van der Waals surface area contributed by atoms with Gasteiger partial charge in [0.1, 0.15) is 0 Å². The summed E-state index contributed by atoms with van der Waals surface area (Å²) in [6.07, 6.45) is 2.07. The van der Waals surface area contributed by atoms with Gasteiger partial charge in [0.05, 0.1) is 4.90 Å². The van der Waals surface area contributed by atoms with Crippen molar-refractivity contribution in [3.8, 4) is 0 Å². The van der Waals surface area contributed by atoms with E-state index in [-0.39, 0.29) is 28.5 Å². The van der Waals surface area contributed by atoms with E-state index in [1.807, 2.05) is 18.7 Å². The van der Waals surface area contributed by atoms with E-state index in [0.717, 1.165) is 6.42 Å². The molecule has 2 rings (SSSR count). The van der Waals surface area contributed by atoms with Gasteiger partial charge < -0.3 is 10.2 Å². The van der Waals surface area contributed by atoms with Gasteiger partial charge >= 0.3 is 0 Å². The normalized spacial score (nSPS) is 17.2. The summed E-state index contributed by atoms with van der Waals surface area (Å²) in [6.45, 7) is 5.09. The number of amides is 2. The minimum absolute atomic E-state index is 0.00219. The standard InChI is InChI=1S/C17H25N3O4S/c1-3-12(2)17(22)20-10-8-13(9-11-20)16(21)19-14-4-6-15(7-5-14)25(18,23)24/h4-7,12-13H,3,8-11H2,1-2H3,(H,19,21)(H2,18,23,24). The van der Waals surface area contributed by atoms with Crippen LogP contribution in [0.2, 0.25) is 0 Å². The lowest BCUT2D eigenvalue weighted by Gasteiger charge is -2.32. The highest BCUT2D eigenvalue weighted by atomic mass is 32.2. The molecule has 1 heterocycles. The molecule has 1 fully saturated rings. The molecule has 1 aliphatic rings. The van der Waals surface area contributed by atoms with Gasteiger partial charge in [-0.2, -0.15) is 0 Å². The molecule has 0 aliphatic carbocycles. The van der Waals surface area contributed by atoms with Gasteiger partial charge in [0.25, 0.3) is 0 Å². The first-order chi connectivity index (χ1) is 11.7. The van der Waals surface area contributed by atoms with Crippen LogP contribution in [0.15, 0.2) is 29.2 Å². The summed E-state index contributed by atoms with van der Waals surface area (Å²) in [4.78, 5) is 26.4. The van der Waals surface area contributed by atoms with Crippen molar-refractivity contribution >= 4 is 27.5 Å². The minimum Gasteiger partial charge on any atom is -0.342 e. The highest BCUT2D eigenvalue weighted by Crippen LogP contribution is 2.22. The number of rotatable bonds is 5. The zero-order valence-corrected chi connectivity index (χ0v) is 15.4. The Morgan fingerprint density at radius 2 is 1.80 bits per heavy atom. The summed E-state index contributed by atoms with van der Waals surface area (Å²) in [5.41, 5.74) is 0.524. The molecule has 1 atom stereocenters. The summed E-state index contributed by atoms with van der Waals surface area (Å²) in [5, 5.41) is 7.84. The molecule has 0 radical (unpaired) electrons. The molecule has 1 aromatic carbocycles. The molecule has 3 N–H and O–H groups in total. The Morgan fingerprint density at radius 3 is 2.28 bits per heavy atom. The topological polar surface area (TPSA) is 110 Å². The number of nitrogens with zero attached hydrogens (tertiary/aromatic N) is 1. The van der Waals surface area contributed by atoms with Crippen LogP contribution in [0.3, 0.4) is 0 Å². The van der Waals surface area contributed by atoms with Crippen molar-refractivity contribution < 1.29 is 18.0 Å². The second-order valence-corrected chi connectivity index (χ2v) is 8.03. The predicted octanol–water partition coefficient (Wildman–Crippen LogP) is 1.56. The second kappa shape index (κ2) is 7.97. The van der Waals surface area contributed by atoms with Crippen molar-refractivity contribution in [3.05, 3.63) is 24.3 Å². The number of nitrogens with one attached hydrogen (secondary N) is 1. The van der Waals surface area contributed by atoms with E-state index < -0.39 is 10.0 Å².